The molecule has 0 radical (unpaired) electrons. The van der Waals surface area contributed by atoms with Gasteiger partial charge in [-0.1, -0.05) is 6.92 Å². The van der Waals surface area contributed by atoms with Crippen LogP contribution >= 0.6 is 13.5 Å². The predicted octanol–water partition coefficient (Wildman–Crippen LogP) is 1.42. The third-order valence-corrected chi connectivity index (χ3v) is 0.362. The van der Waals surface area contributed by atoms with Gasteiger partial charge in [0.05, 0.1) is 6.07 Å². The molecule has 0 unspecified atom stereocenters. The van der Waals surface area contributed by atoms with E-state index >= 15 is 0 Å². The summed E-state index contributed by atoms with van der Waals surface area (Å²) in [6.45, 7) is 1.99. The fourth-order valence-corrected chi connectivity index (χ4v) is 0.112. The summed E-state index contributed by atoms with van der Waals surface area (Å²) in [7, 11) is 0. The molecule has 0 aliphatic heterocycles. The van der Waals surface area contributed by atoms with Crippen LogP contribution in [0.25, 0.3) is 0 Å². The van der Waals surface area contributed by atoms with Crippen LogP contribution in [0.15, 0.2) is 0 Å². The van der Waals surface area contributed by atoms with Gasteiger partial charge in [0.15, 0.2) is 0 Å². The summed E-state index contributed by atoms with van der Waals surface area (Å²) in [6.07, 6.45) is 1.68. The zero-order chi connectivity index (χ0) is 4.12. The van der Waals surface area contributed by atoms with Crippen LogP contribution in [0.5, 0.6) is 0 Å². The first-order chi connectivity index (χ1) is 2.41. The molecule has 0 fully saturated rings. The van der Waals surface area contributed by atoms with Crippen LogP contribution in [0.4, 0.5) is 0 Å². The highest BCUT2D eigenvalue weighted by atomic mass is 32.1. The van der Waals surface area contributed by atoms with Gasteiger partial charge in [0.1, 0.15) is 0 Å². The summed E-state index contributed by atoms with van der Waals surface area (Å²) in [5.41, 5.74) is 0. The van der Waals surface area contributed by atoms with Crippen molar-refractivity contribution < 1.29 is 0 Å². The van der Waals surface area contributed by atoms with E-state index in [-0.39, 0.29) is 13.5 Å². The van der Waals surface area contributed by atoms with Crippen LogP contribution < -0.4 is 0 Å². The Hall–Kier alpha value is -0.160. The highest BCUT2D eigenvalue weighted by molar-refractivity contribution is 7.59. The van der Waals surface area contributed by atoms with Crippen LogP contribution in [0.1, 0.15) is 19.8 Å². The van der Waals surface area contributed by atoms with Crippen molar-refractivity contribution >= 4 is 13.5 Å². The quantitative estimate of drug-likeness (QED) is 0.492. The van der Waals surface area contributed by atoms with E-state index in [1.54, 1.807) is 0 Å². The molecule has 0 saturated carbocycles. The second-order valence-corrected chi connectivity index (χ2v) is 0.908. The van der Waals surface area contributed by atoms with E-state index in [0.717, 1.165) is 6.42 Å². The van der Waals surface area contributed by atoms with Crippen molar-refractivity contribution in [2.45, 2.75) is 19.8 Å². The van der Waals surface area contributed by atoms with Crippen LogP contribution in [0.2, 0.25) is 0 Å². The normalized spacial score (nSPS) is 5.33. The van der Waals surface area contributed by atoms with E-state index in [2.05, 4.69) is 0 Å². The molecule has 1 nitrogen and oxygen atoms in total. The monoisotopic (exact) mass is 103 g/mol. The number of nitrogens with zero attached hydrogens (tertiary/aromatic N) is 1. The first-order valence-corrected chi connectivity index (χ1v) is 1.78. The summed E-state index contributed by atoms with van der Waals surface area (Å²) < 4.78 is 0. The fourth-order valence-electron chi connectivity index (χ4n) is 0.112. The molecule has 0 aliphatic carbocycles. The summed E-state index contributed by atoms with van der Waals surface area (Å²) in [5.74, 6) is 0. The van der Waals surface area contributed by atoms with Gasteiger partial charge in [-0.3, -0.25) is 0 Å². The van der Waals surface area contributed by atoms with Gasteiger partial charge in [-0.25, -0.2) is 0 Å². The molecule has 36 valence electrons. The van der Waals surface area contributed by atoms with Crippen LogP contribution in [0, 0.1) is 11.3 Å². The fraction of sp³-hybridized carbons (Fsp3) is 0.750. The van der Waals surface area contributed by atoms with Crippen molar-refractivity contribution in [3.63, 3.8) is 0 Å². The van der Waals surface area contributed by atoms with Gasteiger partial charge in [0.2, 0.25) is 0 Å². The maximum Gasteiger partial charge on any atom is 0.0621 e. The first-order valence-electron chi connectivity index (χ1n) is 1.78. The van der Waals surface area contributed by atoms with Crippen molar-refractivity contribution in [3.8, 4) is 6.07 Å². The van der Waals surface area contributed by atoms with Crippen molar-refractivity contribution in [2.75, 3.05) is 0 Å². The van der Waals surface area contributed by atoms with Crippen LogP contribution in [-0.4, -0.2) is 0 Å². The highest BCUT2D eigenvalue weighted by Crippen LogP contribution is 1.77. The van der Waals surface area contributed by atoms with Crippen molar-refractivity contribution in [1.29, 1.82) is 5.26 Å². The average Bonchev–Trinajstić information content (AvgIpc) is 1.41. The SMILES string of the molecule is CCCC#N.S. The Bertz CT molecular complexity index is 46.0. The smallest absolute Gasteiger partial charge is 0.0621 e. The Kier molecular flexibility index (Phi) is 13.7. The molecule has 0 aromatic heterocycles. The van der Waals surface area contributed by atoms with Gasteiger partial charge in [0, 0.05) is 6.42 Å². The highest BCUT2D eigenvalue weighted by Gasteiger charge is 1.65. The van der Waals surface area contributed by atoms with Gasteiger partial charge < -0.3 is 0 Å². The Morgan fingerprint density at radius 2 is 2.17 bits per heavy atom. The molecule has 0 heterocycles. The number of hydrogen-bond donors (Lipinski definition) is 0. The summed E-state index contributed by atoms with van der Waals surface area (Å²) in [5, 5.41) is 7.82. The van der Waals surface area contributed by atoms with Gasteiger partial charge in [-0.05, 0) is 6.42 Å². The van der Waals surface area contributed by atoms with Gasteiger partial charge in [-0.15, -0.1) is 0 Å². The minimum atomic E-state index is 0. The standard InChI is InChI=1S/C4H7N.H2S/c1-2-3-4-5;/h2-3H2,1H3;1H2. The van der Waals surface area contributed by atoms with E-state index in [9.17, 15) is 0 Å². The third-order valence-electron chi connectivity index (χ3n) is 0.362. The number of unbranched alkanes of at least 4 members (excludes halogenated alkanes) is 1. The second-order valence-electron chi connectivity index (χ2n) is 0.908. The molecule has 0 N–H and O–H groups in total. The lowest BCUT2D eigenvalue weighted by atomic mass is 10.4. The van der Waals surface area contributed by atoms with Crippen molar-refractivity contribution in [3.05, 3.63) is 0 Å². The number of hydrogen-bond acceptors (Lipinski definition) is 1. The van der Waals surface area contributed by atoms with Gasteiger partial charge >= 0.3 is 0 Å². The second kappa shape index (κ2) is 8.85. The molecule has 0 aliphatic rings. The summed E-state index contributed by atoms with van der Waals surface area (Å²) >= 11 is 0. The van der Waals surface area contributed by atoms with Crippen LogP contribution in [0.3, 0.4) is 0 Å². The lowest BCUT2D eigenvalue weighted by Gasteiger charge is -1.65. The summed E-state index contributed by atoms with van der Waals surface area (Å²) in [4.78, 5) is 0. The Morgan fingerprint density at radius 3 is 2.17 bits per heavy atom. The zero-order valence-corrected chi connectivity index (χ0v) is 4.86. The minimum absolute atomic E-state index is 0. The Morgan fingerprint density at radius 1 is 1.67 bits per heavy atom. The molecule has 0 saturated heterocycles. The van der Waals surface area contributed by atoms with E-state index < -0.39 is 0 Å². The lowest BCUT2D eigenvalue weighted by molar-refractivity contribution is 0.969. The minimum Gasteiger partial charge on any atom is -0.198 e. The molecule has 0 rings (SSSR count). The molecule has 0 bridgehead atoms. The van der Waals surface area contributed by atoms with Crippen molar-refractivity contribution in [1.82, 2.24) is 0 Å². The van der Waals surface area contributed by atoms with Gasteiger partial charge in [0.25, 0.3) is 0 Å². The van der Waals surface area contributed by atoms with Gasteiger partial charge in [-0.2, -0.15) is 18.8 Å². The molecule has 0 atom stereocenters. The van der Waals surface area contributed by atoms with Crippen LogP contribution in [-0.2, 0) is 0 Å². The Labute approximate surface area is 45.4 Å². The largest absolute Gasteiger partial charge is 0.198 e. The topological polar surface area (TPSA) is 23.8 Å². The molecule has 0 aromatic rings. The predicted molar refractivity (Wildman–Crippen MR) is 30.9 cm³/mol. The Balaban J connectivity index is 0. The van der Waals surface area contributed by atoms with E-state index in [1.165, 1.54) is 0 Å². The molecule has 0 amide bonds. The molecule has 2 heteroatoms. The van der Waals surface area contributed by atoms with E-state index in [0.29, 0.717) is 6.42 Å². The maximum absolute atomic E-state index is 7.82. The van der Waals surface area contributed by atoms with Crippen molar-refractivity contribution in [2.24, 2.45) is 0 Å². The molecular formula is C4H9NS. The molecule has 0 aromatic carbocycles. The lowest BCUT2D eigenvalue weighted by Crippen LogP contribution is -1.53. The summed E-state index contributed by atoms with van der Waals surface area (Å²) in [6, 6.07) is 2.02. The van der Waals surface area contributed by atoms with E-state index in [1.807, 2.05) is 13.0 Å². The first kappa shape index (κ1) is 9.28. The maximum atomic E-state index is 7.82. The average molecular weight is 103 g/mol. The number of nitriles is 1. The number of rotatable bonds is 1. The molecular weight excluding hydrogens is 94.1 g/mol. The molecule has 6 heavy (non-hydrogen) atoms. The third kappa shape index (κ3) is 9.15. The van der Waals surface area contributed by atoms with E-state index in [4.69, 9.17) is 5.26 Å². The molecule has 0 spiro atoms. The zero-order valence-electron chi connectivity index (χ0n) is 3.86.